The predicted octanol–water partition coefficient (Wildman–Crippen LogP) is 3.21. The molecule has 134 valence electrons. The summed E-state index contributed by atoms with van der Waals surface area (Å²) in [7, 11) is 1.32. The van der Waals surface area contributed by atoms with Crippen molar-refractivity contribution in [3.05, 3.63) is 29.8 Å². The van der Waals surface area contributed by atoms with Gasteiger partial charge in [0.25, 0.3) is 5.91 Å². The molecule has 0 aliphatic rings. The number of hydrogen-bond acceptors (Lipinski definition) is 4. The molecule has 24 heavy (non-hydrogen) atoms. The van der Waals surface area contributed by atoms with Crippen molar-refractivity contribution in [2.24, 2.45) is 0 Å². The van der Waals surface area contributed by atoms with Crippen molar-refractivity contribution in [2.75, 3.05) is 13.7 Å². The first-order chi connectivity index (χ1) is 11.1. The molecule has 0 fully saturated rings. The minimum atomic E-state index is -1.03. The normalized spacial score (nSPS) is 13.8. The van der Waals surface area contributed by atoms with Crippen molar-refractivity contribution in [3.8, 4) is 5.75 Å². The van der Waals surface area contributed by atoms with Crippen LogP contribution in [-0.4, -0.2) is 31.1 Å². The predicted molar refractivity (Wildman–Crippen MR) is 94.1 cm³/mol. The van der Waals surface area contributed by atoms with Crippen LogP contribution in [0.25, 0.3) is 0 Å². The van der Waals surface area contributed by atoms with Crippen LogP contribution in [0, 0.1) is 0 Å². The van der Waals surface area contributed by atoms with Crippen LogP contribution in [0.3, 0.4) is 0 Å². The van der Waals surface area contributed by atoms with E-state index in [2.05, 4.69) is 26.1 Å². The summed E-state index contributed by atoms with van der Waals surface area (Å²) < 4.78 is 10.4. The lowest BCUT2D eigenvalue weighted by atomic mass is 9.87. The average Bonchev–Trinajstić information content (AvgIpc) is 2.51. The van der Waals surface area contributed by atoms with Crippen molar-refractivity contribution in [3.63, 3.8) is 0 Å². The first-order valence-corrected chi connectivity index (χ1v) is 8.25. The highest BCUT2D eigenvalue weighted by molar-refractivity contribution is 5.88. The Hall–Kier alpha value is -2.04. The fourth-order valence-electron chi connectivity index (χ4n) is 2.49. The summed E-state index contributed by atoms with van der Waals surface area (Å²) in [5.74, 6) is -0.169. The van der Waals surface area contributed by atoms with Gasteiger partial charge in [0, 0.05) is 0 Å². The number of hydrogen-bond donors (Lipinski definition) is 1. The topological polar surface area (TPSA) is 64.6 Å². The Kier molecular flexibility index (Phi) is 6.81. The molecule has 0 aliphatic carbocycles. The number of esters is 1. The summed E-state index contributed by atoms with van der Waals surface area (Å²) in [6.45, 7) is 9.81. The highest BCUT2D eigenvalue weighted by Crippen LogP contribution is 2.25. The Bertz CT molecular complexity index is 577. The van der Waals surface area contributed by atoms with Crippen molar-refractivity contribution in [2.45, 2.75) is 58.4 Å². The first-order valence-electron chi connectivity index (χ1n) is 8.25. The average molecular weight is 335 g/mol. The monoisotopic (exact) mass is 335 g/mol. The maximum atomic E-state index is 12.2. The van der Waals surface area contributed by atoms with Gasteiger partial charge in [0.05, 0.1) is 7.11 Å². The lowest BCUT2D eigenvalue weighted by molar-refractivity contribution is -0.150. The van der Waals surface area contributed by atoms with Crippen LogP contribution in [0.4, 0.5) is 0 Å². The Morgan fingerprint density at radius 1 is 1.17 bits per heavy atom. The summed E-state index contributed by atoms with van der Waals surface area (Å²) in [4.78, 5) is 24.1. The largest absolute Gasteiger partial charge is 0.484 e. The molecule has 5 heteroatoms. The van der Waals surface area contributed by atoms with Crippen LogP contribution < -0.4 is 10.1 Å². The number of carbonyl (C=O) groups is 2. The quantitative estimate of drug-likeness (QED) is 0.777. The first kappa shape index (κ1) is 20.0. The van der Waals surface area contributed by atoms with E-state index in [0.717, 1.165) is 12.0 Å². The molecule has 1 rings (SSSR count). The van der Waals surface area contributed by atoms with Gasteiger partial charge in [-0.1, -0.05) is 46.2 Å². The Balaban J connectivity index is 2.70. The number of methoxy groups -OCH3 is 1. The van der Waals surface area contributed by atoms with Gasteiger partial charge in [-0.05, 0) is 36.5 Å². The summed E-state index contributed by atoms with van der Waals surface area (Å²) in [6, 6.07) is 7.68. The van der Waals surface area contributed by atoms with Gasteiger partial charge >= 0.3 is 5.97 Å². The third-order valence-electron chi connectivity index (χ3n) is 3.87. The van der Waals surface area contributed by atoms with E-state index in [1.807, 2.05) is 31.2 Å². The Morgan fingerprint density at radius 3 is 2.38 bits per heavy atom. The molecule has 0 saturated carbocycles. The molecule has 1 atom stereocenters. The molecule has 1 aromatic carbocycles. The van der Waals surface area contributed by atoms with E-state index in [4.69, 9.17) is 9.47 Å². The van der Waals surface area contributed by atoms with Crippen molar-refractivity contribution in [1.29, 1.82) is 0 Å². The van der Waals surface area contributed by atoms with Crippen molar-refractivity contribution >= 4 is 11.9 Å². The second-order valence-electron chi connectivity index (χ2n) is 7.19. The molecule has 1 aromatic rings. The summed E-state index contributed by atoms with van der Waals surface area (Å²) in [5.41, 5.74) is 0.106. The van der Waals surface area contributed by atoms with Crippen LogP contribution in [0.1, 0.15) is 53.0 Å². The molecule has 0 heterocycles. The zero-order valence-electron chi connectivity index (χ0n) is 15.6. The number of carbonyl (C=O) groups excluding carboxylic acids is 2. The van der Waals surface area contributed by atoms with E-state index in [1.165, 1.54) is 7.11 Å². The van der Waals surface area contributed by atoms with Gasteiger partial charge < -0.3 is 14.8 Å². The van der Waals surface area contributed by atoms with Crippen LogP contribution in [0.15, 0.2) is 24.3 Å². The maximum Gasteiger partial charge on any atom is 0.331 e. The molecule has 5 nitrogen and oxygen atoms in total. The molecule has 1 unspecified atom stereocenters. The smallest absolute Gasteiger partial charge is 0.331 e. The SMILES string of the molecule is CCCC(C)(NC(=O)COc1cccc(C(C)(C)C)c1)C(=O)OC. The van der Waals surface area contributed by atoms with Crippen molar-refractivity contribution in [1.82, 2.24) is 5.32 Å². The minimum Gasteiger partial charge on any atom is -0.484 e. The second-order valence-corrected chi connectivity index (χ2v) is 7.19. The van der Waals surface area contributed by atoms with Gasteiger partial charge in [-0.2, -0.15) is 0 Å². The van der Waals surface area contributed by atoms with Gasteiger partial charge in [-0.15, -0.1) is 0 Å². The van der Waals surface area contributed by atoms with E-state index in [0.29, 0.717) is 12.2 Å². The highest BCUT2D eigenvalue weighted by Gasteiger charge is 2.35. The van der Waals surface area contributed by atoms with Crippen LogP contribution in [0.5, 0.6) is 5.75 Å². The van der Waals surface area contributed by atoms with Gasteiger partial charge in [0.15, 0.2) is 6.61 Å². The van der Waals surface area contributed by atoms with Crippen LogP contribution in [0.2, 0.25) is 0 Å². The van der Waals surface area contributed by atoms with Gasteiger partial charge in [0.1, 0.15) is 11.3 Å². The third kappa shape index (κ3) is 5.55. The van der Waals surface area contributed by atoms with Gasteiger partial charge in [-0.25, -0.2) is 4.79 Å². The second kappa shape index (κ2) is 8.18. The standard InChI is InChI=1S/C19H29NO4/c1-7-11-19(5,17(22)23-6)20-16(21)13-24-15-10-8-9-14(12-15)18(2,3)4/h8-10,12H,7,11,13H2,1-6H3,(H,20,21). The van der Waals surface area contributed by atoms with E-state index in [-0.39, 0.29) is 17.9 Å². The lowest BCUT2D eigenvalue weighted by Crippen LogP contribution is -2.53. The zero-order valence-corrected chi connectivity index (χ0v) is 15.6. The molecule has 1 N–H and O–H groups in total. The number of rotatable bonds is 7. The molecule has 0 bridgehead atoms. The van der Waals surface area contributed by atoms with Crippen LogP contribution >= 0.6 is 0 Å². The number of benzene rings is 1. The van der Waals surface area contributed by atoms with Crippen molar-refractivity contribution < 1.29 is 19.1 Å². The fourth-order valence-corrected chi connectivity index (χ4v) is 2.49. The maximum absolute atomic E-state index is 12.2. The highest BCUT2D eigenvalue weighted by atomic mass is 16.5. The van der Waals surface area contributed by atoms with Crippen LogP contribution in [-0.2, 0) is 19.7 Å². The van der Waals surface area contributed by atoms with Gasteiger partial charge in [-0.3, -0.25) is 4.79 Å². The number of nitrogens with one attached hydrogen (secondary N) is 1. The molecule has 0 spiro atoms. The molecule has 0 radical (unpaired) electrons. The minimum absolute atomic E-state index is 0.00616. The molecule has 1 amide bonds. The van der Waals surface area contributed by atoms with E-state index in [9.17, 15) is 9.59 Å². The molecule has 0 saturated heterocycles. The Labute approximate surface area is 144 Å². The molecule has 0 aromatic heterocycles. The van der Waals surface area contributed by atoms with E-state index < -0.39 is 11.5 Å². The lowest BCUT2D eigenvalue weighted by Gasteiger charge is -2.27. The van der Waals surface area contributed by atoms with E-state index >= 15 is 0 Å². The summed E-state index contributed by atoms with van der Waals surface area (Å²) in [6.07, 6.45) is 1.26. The molecule has 0 aliphatic heterocycles. The zero-order chi connectivity index (χ0) is 18.4. The Morgan fingerprint density at radius 2 is 1.83 bits per heavy atom. The summed E-state index contributed by atoms with van der Waals surface area (Å²) >= 11 is 0. The number of amides is 1. The third-order valence-corrected chi connectivity index (χ3v) is 3.87. The molecular formula is C19H29NO4. The fraction of sp³-hybridized carbons (Fsp3) is 0.579. The molecular weight excluding hydrogens is 306 g/mol. The van der Waals surface area contributed by atoms with Gasteiger partial charge in [0.2, 0.25) is 0 Å². The van der Waals surface area contributed by atoms with E-state index in [1.54, 1.807) is 6.92 Å². The number of ether oxygens (including phenoxy) is 2. The summed E-state index contributed by atoms with van der Waals surface area (Å²) in [5, 5.41) is 2.72.